The maximum Gasteiger partial charge on any atom is 0.137 e. The van der Waals surface area contributed by atoms with Crippen LogP contribution in [0.15, 0.2) is 22.7 Å². The molecule has 1 N–H and O–H groups in total. The second-order valence-electron chi connectivity index (χ2n) is 2.27. The topological polar surface area (TPSA) is 21.3 Å². The van der Waals surface area contributed by atoms with Crippen molar-refractivity contribution in [2.75, 3.05) is 7.11 Å². The van der Waals surface area contributed by atoms with Crippen molar-refractivity contribution in [3.8, 4) is 0 Å². The molecular weight excluding hydrogens is 225 g/mol. The van der Waals surface area contributed by atoms with Crippen LogP contribution in [0.1, 0.15) is 5.56 Å². The lowest BCUT2D eigenvalue weighted by molar-refractivity contribution is 0.0866. The van der Waals surface area contributed by atoms with Gasteiger partial charge in [-0.05, 0) is 33.6 Å². The van der Waals surface area contributed by atoms with Crippen molar-refractivity contribution in [2.45, 2.75) is 6.54 Å². The van der Waals surface area contributed by atoms with Crippen LogP contribution in [0.2, 0.25) is 0 Å². The van der Waals surface area contributed by atoms with Gasteiger partial charge in [0.25, 0.3) is 0 Å². The van der Waals surface area contributed by atoms with Gasteiger partial charge in [0.05, 0.1) is 11.6 Å². The molecule has 66 valence electrons. The number of rotatable bonds is 3. The average Bonchev–Trinajstić information content (AvgIpc) is 2.07. The van der Waals surface area contributed by atoms with E-state index in [0.29, 0.717) is 11.0 Å². The van der Waals surface area contributed by atoms with E-state index in [1.807, 2.05) is 6.07 Å². The molecule has 0 saturated heterocycles. The minimum absolute atomic E-state index is 0.259. The fourth-order valence-electron chi connectivity index (χ4n) is 0.805. The molecule has 0 spiro atoms. The molecule has 4 heteroatoms. The van der Waals surface area contributed by atoms with Crippen LogP contribution in [-0.4, -0.2) is 7.11 Å². The molecule has 2 nitrogen and oxygen atoms in total. The summed E-state index contributed by atoms with van der Waals surface area (Å²) in [6.45, 7) is 0.501. The molecule has 1 aromatic carbocycles. The first-order valence-electron chi connectivity index (χ1n) is 3.44. The number of hydrogen-bond acceptors (Lipinski definition) is 2. The minimum atomic E-state index is -0.259. The summed E-state index contributed by atoms with van der Waals surface area (Å²) in [6, 6.07) is 4.94. The lowest BCUT2D eigenvalue weighted by Crippen LogP contribution is -2.10. The summed E-state index contributed by atoms with van der Waals surface area (Å²) in [5.74, 6) is -0.259. The predicted octanol–water partition coefficient (Wildman–Crippen LogP) is 2.24. The Labute approximate surface area is 78.8 Å². The third-order valence-electron chi connectivity index (χ3n) is 1.40. The zero-order valence-corrected chi connectivity index (χ0v) is 8.19. The van der Waals surface area contributed by atoms with Gasteiger partial charge in [-0.2, -0.15) is 5.48 Å². The molecule has 0 aromatic heterocycles. The molecule has 0 heterocycles. The third kappa shape index (κ3) is 2.55. The Balaban J connectivity index is 2.69. The molecule has 0 aliphatic carbocycles. The maximum atomic E-state index is 12.9. The predicted molar refractivity (Wildman–Crippen MR) is 47.9 cm³/mol. The molecule has 1 aromatic rings. The van der Waals surface area contributed by atoms with Crippen LogP contribution in [0.25, 0.3) is 0 Å². The number of hydrogen-bond donors (Lipinski definition) is 1. The summed E-state index contributed by atoms with van der Waals surface area (Å²) < 4.78 is 13.4. The zero-order chi connectivity index (χ0) is 8.97. The van der Waals surface area contributed by atoms with Crippen molar-refractivity contribution >= 4 is 15.9 Å². The molecular formula is C8H9BrFNO. The molecule has 1 rings (SSSR count). The van der Waals surface area contributed by atoms with Gasteiger partial charge in [-0.25, -0.2) is 4.39 Å². The highest BCUT2D eigenvalue weighted by molar-refractivity contribution is 9.10. The second-order valence-corrected chi connectivity index (χ2v) is 3.13. The molecule has 0 atom stereocenters. The van der Waals surface area contributed by atoms with Crippen molar-refractivity contribution < 1.29 is 9.23 Å². The summed E-state index contributed by atoms with van der Waals surface area (Å²) in [4.78, 5) is 4.63. The monoisotopic (exact) mass is 233 g/mol. The summed E-state index contributed by atoms with van der Waals surface area (Å²) in [5, 5.41) is 0. The molecule has 0 fully saturated rings. The Bertz CT molecular complexity index is 267. The van der Waals surface area contributed by atoms with E-state index in [1.165, 1.54) is 13.2 Å². The highest BCUT2D eigenvalue weighted by Crippen LogP contribution is 2.15. The molecule has 0 amide bonds. The first-order chi connectivity index (χ1) is 5.74. The Morgan fingerprint density at radius 2 is 2.33 bits per heavy atom. The van der Waals surface area contributed by atoms with E-state index in [9.17, 15) is 4.39 Å². The van der Waals surface area contributed by atoms with Gasteiger partial charge in [0.2, 0.25) is 0 Å². The van der Waals surface area contributed by atoms with Gasteiger partial charge in [-0.1, -0.05) is 6.07 Å². The third-order valence-corrected chi connectivity index (χ3v) is 2.05. The number of nitrogens with one attached hydrogen (secondary N) is 1. The zero-order valence-electron chi connectivity index (χ0n) is 6.60. The normalized spacial score (nSPS) is 10.2. The molecule has 0 aliphatic rings. The van der Waals surface area contributed by atoms with Crippen LogP contribution in [0.5, 0.6) is 0 Å². The second kappa shape index (κ2) is 4.54. The average molecular weight is 234 g/mol. The summed E-state index contributed by atoms with van der Waals surface area (Å²) in [7, 11) is 1.52. The Morgan fingerprint density at radius 1 is 1.58 bits per heavy atom. The van der Waals surface area contributed by atoms with Crippen LogP contribution in [0, 0.1) is 5.82 Å². The first-order valence-corrected chi connectivity index (χ1v) is 4.23. The van der Waals surface area contributed by atoms with Gasteiger partial charge in [0.1, 0.15) is 5.82 Å². The smallest absolute Gasteiger partial charge is 0.137 e. The van der Waals surface area contributed by atoms with E-state index in [1.54, 1.807) is 6.07 Å². The van der Waals surface area contributed by atoms with Gasteiger partial charge < -0.3 is 4.84 Å². The fourth-order valence-corrected chi connectivity index (χ4v) is 1.05. The lowest BCUT2D eigenvalue weighted by Gasteiger charge is -2.02. The van der Waals surface area contributed by atoms with Gasteiger partial charge in [0.15, 0.2) is 0 Å². The van der Waals surface area contributed by atoms with Crippen LogP contribution in [-0.2, 0) is 11.4 Å². The molecule has 0 aliphatic heterocycles. The van der Waals surface area contributed by atoms with Crippen LogP contribution in [0.4, 0.5) is 4.39 Å². The largest absolute Gasteiger partial charge is 0.305 e. The van der Waals surface area contributed by atoms with E-state index in [0.717, 1.165) is 5.56 Å². The summed E-state index contributed by atoms with van der Waals surface area (Å²) in [6.07, 6.45) is 0. The Morgan fingerprint density at radius 3 is 2.92 bits per heavy atom. The highest BCUT2D eigenvalue weighted by atomic mass is 79.9. The lowest BCUT2D eigenvalue weighted by atomic mass is 10.2. The van der Waals surface area contributed by atoms with Crippen molar-refractivity contribution in [1.29, 1.82) is 0 Å². The SMILES string of the molecule is CONCc1ccc(Br)c(F)c1. The number of hydroxylamine groups is 1. The van der Waals surface area contributed by atoms with Crippen molar-refractivity contribution in [2.24, 2.45) is 0 Å². The van der Waals surface area contributed by atoms with E-state index in [-0.39, 0.29) is 5.82 Å². The van der Waals surface area contributed by atoms with E-state index >= 15 is 0 Å². The van der Waals surface area contributed by atoms with Crippen molar-refractivity contribution in [3.05, 3.63) is 34.1 Å². The molecule has 0 saturated carbocycles. The molecule has 0 radical (unpaired) electrons. The number of benzene rings is 1. The summed E-state index contributed by atoms with van der Waals surface area (Å²) in [5.41, 5.74) is 3.47. The first kappa shape index (κ1) is 9.64. The Kier molecular flexibility index (Phi) is 3.65. The quantitative estimate of drug-likeness (QED) is 0.809. The van der Waals surface area contributed by atoms with E-state index in [4.69, 9.17) is 0 Å². The molecule has 12 heavy (non-hydrogen) atoms. The maximum absolute atomic E-state index is 12.9. The van der Waals surface area contributed by atoms with Gasteiger partial charge in [0, 0.05) is 6.54 Å². The Hall–Kier alpha value is -0.450. The van der Waals surface area contributed by atoms with Gasteiger partial charge >= 0.3 is 0 Å². The van der Waals surface area contributed by atoms with Gasteiger partial charge in [-0.3, -0.25) is 0 Å². The highest BCUT2D eigenvalue weighted by Gasteiger charge is 1.99. The van der Waals surface area contributed by atoms with E-state index in [2.05, 4.69) is 26.2 Å². The standard InChI is InChI=1S/C8H9BrFNO/c1-12-11-5-6-2-3-7(9)8(10)4-6/h2-4,11H,5H2,1H3. The van der Waals surface area contributed by atoms with E-state index < -0.39 is 0 Å². The molecule has 0 bridgehead atoms. The van der Waals surface area contributed by atoms with Crippen LogP contribution < -0.4 is 5.48 Å². The van der Waals surface area contributed by atoms with Crippen molar-refractivity contribution in [3.63, 3.8) is 0 Å². The number of halogens is 2. The molecule has 0 unspecified atom stereocenters. The van der Waals surface area contributed by atoms with Crippen molar-refractivity contribution in [1.82, 2.24) is 5.48 Å². The van der Waals surface area contributed by atoms with Crippen LogP contribution in [0.3, 0.4) is 0 Å². The van der Waals surface area contributed by atoms with Gasteiger partial charge in [-0.15, -0.1) is 0 Å². The summed E-state index contributed by atoms with van der Waals surface area (Å²) >= 11 is 3.07. The van der Waals surface area contributed by atoms with Crippen LogP contribution >= 0.6 is 15.9 Å². The fraction of sp³-hybridized carbons (Fsp3) is 0.250. The minimum Gasteiger partial charge on any atom is -0.305 e.